The van der Waals surface area contributed by atoms with Gasteiger partial charge in [0, 0.05) is 82.6 Å². The van der Waals surface area contributed by atoms with Crippen LogP contribution in [-0.4, -0.2) is 70.7 Å². The fourth-order valence-electron chi connectivity index (χ4n) is 2.02. The van der Waals surface area contributed by atoms with Crippen molar-refractivity contribution >= 4 is 44.2 Å². The molecule has 0 saturated carbocycles. The first-order valence-electron chi connectivity index (χ1n) is 7.92. The van der Waals surface area contributed by atoms with Gasteiger partial charge in [-0.2, -0.15) is 0 Å². The van der Waals surface area contributed by atoms with Crippen molar-refractivity contribution in [1.29, 1.82) is 0 Å². The van der Waals surface area contributed by atoms with Gasteiger partial charge in [-0.15, -0.1) is 0 Å². The molecule has 0 fully saturated rings. The summed E-state index contributed by atoms with van der Waals surface area (Å²) in [5.74, 6) is -0.244. The normalized spacial score (nSPS) is 10.0. The minimum atomic E-state index is -0.0933. The molecule has 0 aliphatic heterocycles. The van der Waals surface area contributed by atoms with Crippen molar-refractivity contribution in [3.63, 3.8) is 0 Å². The van der Waals surface area contributed by atoms with Crippen molar-refractivity contribution in [3.8, 4) is 0 Å². The van der Waals surface area contributed by atoms with Crippen LogP contribution in [0, 0.1) is 0 Å². The zero-order chi connectivity index (χ0) is 18.5. The van der Waals surface area contributed by atoms with E-state index in [1.54, 1.807) is 32.4 Å². The third kappa shape index (κ3) is 12.1. The Balaban J connectivity index is 4.24. The number of hydrogen-bond donors (Lipinski definition) is 2. The van der Waals surface area contributed by atoms with E-state index in [4.69, 9.17) is 0 Å². The van der Waals surface area contributed by atoms with Gasteiger partial charge in [-0.3, -0.25) is 19.2 Å². The van der Waals surface area contributed by atoms with Crippen LogP contribution in [0.15, 0.2) is 0 Å². The first-order valence-corrected chi connectivity index (χ1v) is 9.00. The van der Waals surface area contributed by atoms with E-state index < -0.39 is 0 Å². The average molecular weight is 454 g/mol. The summed E-state index contributed by atoms with van der Waals surface area (Å²) in [5.41, 5.74) is 0. The smallest absolute Gasteiger partial charge is 0.283 e. The van der Waals surface area contributed by atoms with Gasteiger partial charge in [0.05, 0.1) is 0 Å². The van der Waals surface area contributed by atoms with Gasteiger partial charge in [-0.1, -0.05) is 0 Å². The molecule has 4 amide bonds. The van der Waals surface area contributed by atoms with Crippen LogP contribution in [0.4, 0.5) is 4.79 Å². The lowest BCUT2D eigenvalue weighted by Crippen LogP contribution is -2.40. The summed E-state index contributed by atoms with van der Waals surface area (Å²) in [6, 6.07) is 0. The third-order valence-corrected chi connectivity index (χ3v) is 3.97. The highest BCUT2D eigenvalue weighted by Crippen LogP contribution is 2.03. The van der Waals surface area contributed by atoms with Gasteiger partial charge in [0.1, 0.15) is 0 Å². The molecule has 0 rings (SSSR count). The summed E-state index contributed by atoms with van der Waals surface area (Å²) in [6.45, 7) is 7.38. The van der Waals surface area contributed by atoms with Crippen molar-refractivity contribution in [2.24, 2.45) is 0 Å². The topological polar surface area (TPSA) is 98.8 Å². The maximum absolute atomic E-state index is 11.7. The molecule has 0 aromatic rings. The molecule has 9 heteroatoms. The quantitative estimate of drug-likeness (QED) is 0.208. The lowest BCUT2D eigenvalue weighted by molar-refractivity contribution is -0.129. The number of hydrogen-bond acceptors (Lipinski definition) is 4. The standard InChI is InChI=1S/C15H27IN4O4/c1-12(21)17-6-4-8-19(14(3)23)10-11-20(15(16)24)9-5-7-18-13(2)22/h4-11H2,1-3H3,(H,17,21)(H,18,22). The fraction of sp³-hybridized carbons (Fsp3) is 0.733. The lowest BCUT2D eigenvalue weighted by Gasteiger charge is -2.26. The summed E-state index contributed by atoms with van der Waals surface area (Å²) in [5, 5.41) is 5.38. The molecule has 8 nitrogen and oxygen atoms in total. The lowest BCUT2D eigenvalue weighted by atomic mass is 10.3. The number of carbonyl (C=O) groups excluding carboxylic acids is 4. The first kappa shape index (κ1) is 22.6. The zero-order valence-corrected chi connectivity index (χ0v) is 16.7. The Morgan fingerprint density at radius 2 is 1.17 bits per heavy atom. The predicted molar refractivity (Wildman–Crippen MR) is 99.8 cm³/mol. The Labute approximate surface area is 156 Å². The van der Waals surface area contributed by atoms with Crippen LogP contribution < -0.4 is 10.6 Å². The SMILES string of the molecule is CC(=O)NCCCN(CCN(CCCNC(C)=O)C(=O)I)C(C)=O. The van der Waals surface area contributed by atoms with E-state index in [2.05, 4.69) is 10.6 Å². The number of nitrogens with zero attached hydrogens (tertiary/aromatic N) is 2. The molecule has 0 atom stereocenters. The Morgan fingerprint density at radius 3 is 1.54 bits per heavy atom. The summed E-state index contributed by atoms with van der Waals surface area (Å²) < 4.78 is -0.0860. The fourth-order valence-corrected chi connectivity index (χ4v) is 2.51. The van der Waals surface area contributed by atoms with Gasteiger partial charge in [0.15, 0.2) is 0 Å². The first-order chi connectivity index (χ1) is 11.2. The summed E-state index contributed by atoms with van der Waals surface area (Å²) in [6.07, 6.45) is 1.33. The molecule has 0 saturated heterocycles. The monoisotopic (exact) mass is 454 g/mol. The van der Waals surface area contributed by atoms with E-state index in [0.29, 0.717) is 52.1 Å². The van der Waals surface area contributed by atoms with Crippen LogP contribution in [-0.2, 0) is 14.4 Å². The molecule has 0 bridgehead atoms. The minimum Gasteiger partial charge on any atom is -0.356 e. The second-order valence-corrected chi connectivity index (χ2v) is 6.34. The second-order valence-electron chi connectivity index (χ2n) is 5.42. The molecule has 0 unspecified atom stereocenters. The molecule has 138 valence electrons. The molecule has 0 aliphatic carbocycles. The zero-order valence-electron chi connectivity index (χ0n) is 14.6. The number of amides is 4. The molecule has 0 aromatic heterocycles. The number of nitrogens with one attached hydrogen (secondary N) is 2. The van der Waals surface area contributed by atoms with Gasteiger partial charge in [0.25, 0.3) is 3.91 Å². The Morgan fingerprint density at radius 1 is 0.750 bits per heavy atom. The third-order valence-electron chi connectivity index (χ3n) is 3.29. The van der Waals surface area contributed by atoms with Crippen molar-refractivity contribution in [3.05, 3.63) is 0 Å². The van der Waals surface area contributed by atoms with E-state index >= 15 is 0 Å². The van der Waals surface area contributed by atoms with Gasteiger partial charge in [0.2, 0.25) is 17.7 Å². The van der Waals surface area contributed by atoms with Crippen molar-refractivity contribution in [1.82, 2.24) is 20.4 Å². The van der Waals surface area contributed by atoms with Crippen molar-refractivity contribution in [2.45, 2.75) is 33.6 Å². The van der Waals surface area contributed by atoms with Gasteiger partial charge in [-0.25, -0.2) is 0 Å². The molecule has 0 heterocycles. The molecule has 0 aliphatic rings. The molecule has 0 spiro atoms. The highest BCUT2D eigenvalue weighted by Gasteiger charge is 2.14. The van der Waals surface area contributed by atoms with E-state index in [1.807, 2.05) is 0 Å². The Bertz CT molecular complexity index is 405. The molecule has 24 heavy (non-hydrogen) atoms. The number of halogens is 1. The average Bonchev–Trinajstić information content (AvgIpc) is 2.46. The van der Waals surface area contributed by atoms with Crippen molar-refractivity contribution in [2.75, 3.05) is 39.3 Å². The van der Waals surface area contributed by atoms with Gasteiger partial charge in [-0.05, 0) is 12.8 Å². The number of carbonyl (C=O) groups is 4. The van der Waals surface area contributed by atoms with Gasteiger partial charge < -0.3 is 20.4 Å². The maximum Gasteiger partial charge on any atom is 0.283 e. The molecular weight excluding hydrogens is 427 g/mol. The van der Waals surface area contributed by atoms with E-state index in [-0.39, 0.29) is 21.6 Å². The Hall–Kier alpha value is -1.39. The van der Waals surface area contributed by atoms with Crippen LogP contribution in [0.3, 0.4) is 0 Å². The molecular formula is C15H27IN4O4. The van der Waals surface area contributed by atoms with Crippen molar-refractivity contribution < 1.29 is 19.2 Å². The van der Waals surface area contributed by atoms with E-state index in [1.165, 1.54) is 20.8 Å². The van der Waals surface area contributed by atoms with Crippen LogP contribution in [0.25, 0.3) is 0 Å². The van der Waals surface area contributed by atoms with E-state index in [0.717, 1.165) is 0 Å². The Kier molecular flexibility index (Phi) is 12.2. The van der Waals surface area contributed by atoms with Gasteiger partial charge >= 0.3 is 0 Å². The summed E-state index contributed by atoms with van der Waals surface area (Å²) >= 11 is 1.72. The largest absolute Gasteiger partial charge is 0.356 e. The summed E-state index contributed by atoms with van der Waals surface area (Å²) in [4.78, 5) is 48.3. The van der Waals surface area contributed by atoms with E-state index in [9.17, 15) is 19.2 Å². The molecule has 0 radical (unpaired) electrons. The predicted octanol–water partition coefficient (Wildman–Crippen LogP) is 0.744. The van der Waals surface area contributed by atoms with Crippen LogP contribution in [0.2, 0.25) is 0 Å². The highest BCUT2D eigenvalue weighted by molar-refractivity contribution is 14.1. The molecule has 2 N–H and O–H groups in total. The van der Waals surface area contributed by atoms with Crippen LogP contribution in [0.5, 0.6) is 0 Å². The minimum absolute atomic E-state index is 0.0584. The highest BCUT2D eigenvalue weighted by atomic mass is 127. The maximum atomic E-state index is 11.7. The number of rotatable bonds is 11. The van der Waals surface area contributed by atoms with Crippen LogP contribution in [0.1, 0.15) is 33.6 Å². The summed E-state index contributed by atoms with van der Waals surface area (Å²) in [7, 11) is 0. The second kappa shape index (κ2) is 13.0. The molecule has 0 aromatic carbocycles. The van der Waals surface area contributed by atoms with Crippen LogP contribution >= 0.6 is 22.6 Å².